The lowest BCUT2D eigenvalue weighted by molar-refractivity contribution is 0.253. The summed E-state index contributed by atoms with van der Waals surface area (Å²) < 4.78 is 21.3. The first-order valence-electron chi connectivity index (χ1n) is 16.8. The van der Waals surface area contributed by atoms with E-state index in [4.69, 9.17) is 47.3 Å². The molecule has 1 saturated heterocycles. The third-order valence-corrected chi connectivity index (χ3v) is 10.3. The number of anilines is 1. The Morgan fingerprint density at radius 3 is 1.84 bits per heavy atom. The fourth-order valence-corrected chi connectivity index (χ4v) is 7.13. The van der Waals surface area contributed by atoms with Crippen molar-refractivity contribution in [3.05, 3.63) is 74.0 Å². The van der Waals surface area contributed by atoms with Crippen molar-refractivity contribution >= 4 is 45.1 Å². The summed E-state index contributed by atoms with van der Waals surface area (Å²) in [6, 6.07) is 13.1. The van der Waals surface area contributed by atoms with Gasteiger partial charge in [-0.25, -0.2) is 9.36 Å². The van der Waals surface area contributed by atoms with E-state index in [1.807, 2.05) is 69.6 Å². The lowest BCUT2D eigenvalue weighted by Crippen LogP contribution is -2.43. The van der Waals surface area contributed by atoms with Gasteiger partial charge in [-0.15, -0.1) is 5.10 Å². The second kappa shape index (κ2) is 15.3. The molecule has 266 valence electrons. The first-order chi connectivity index (χ1) is 23.8. The quantitative estimate of drug-likeness (QED) is 0.143. The molecular formula is C35H42BrCl2N9O3. The van der Waals surface area contributed by atoms with E-state index in [0.29, 0.717) is 67.9 Å². The third-order valence-electron chi connectivity index (χ3n) is 9.14. The number of benzene rings is 2. The largest absolute Gasteiger partial charge is 0.424 e. The molecule has 0 N–H and O–H groups in total. The summed E-state index contributed by atoms with van der Waals surface area (Å²) in [5.41, 5.74) is 2.03. The molecule has 1 saturated carbocycles. The molecule has 12 nitrogen and oxygen atoms in total. The van der Waals surface area contributed by atoms with Crippen LogP contribution in [-0.2, 0) is 6.42 Å². The zero-order chi connectivity index (χ0) is 35.7. The Balaban J connectivity index is 0.000000204. The predicted molar refractivity (Wildman–Crippen MR) is 196 cm³/mol. The molecule has 2 aromatic carbocycles. The Hall–Kier alpha value is -3.68. The molecule has 2 fully saturated rings. The summed E-state index contributed by atoms with van der Waals surface area (Å²) in [4.78, 5) is 15.6. The van der Waals surface area contributed by atoms with Crippen molar-refractivity contribution in [3.8, 4) is 23.5 Å². The van der Waals surface area contributed by atoms with Gasteiger partial charge < -0.3 is 18.9 Å². The zero-order valence-electron chi connectivity index (χ0n) is 29.3. The number of halogens is 3. The molecule has 0 spiro atoms. The minimum atomic E-state index is 0.145. The number of piperidine rings is 1. The predicted octanol–water partition coefficient (Wildman–Crippen LogP) is 9.39. The summed E-state index contributed by atoms with van der Waals surface area (Å²) in [7, 11) is 0. The summed E-state index contributed by atoms with van der Waals surface area (Å²) in [5.74, 6) is 4.55. The highest BCUT2D eigenvalue weighted by Gasteiger charge is 2.43. The highest BCUT2D eigenvalue weighted by atomic mass is 79.9. The summed E-state index contributed by atoms with van der Waals surface area (Å²) in [6.07, 6.45) is 3.29. The number of aryl methyl sites for hydroxylation is 3. The van der Waals surface area contributed by atoms with Crippen LogP contribution in [-0.4, -0.2) is 52.8 Å². The summed E-state index contributed by atoms with van der Waals surface area (Å²) in [6.45, 7) is 15.8. The minimum absolute atomic E-state index is 0.145. The molecule has 15 heteroatoms. The molecule has 3 atom stereocenters. The topological polar surface area (TPSA) is 122 Å². The van der Waals surface area contributed by atoms with E-state index in [-0.39, 0.29) is 12.1 Å². The minimum Gasteiger partial charge on any atom is -0.424 e. The van der Waals surface area contributed by atoms with Crippen molar-refractivity contribution < 1.29 is 14.0 Å². The van der Waals surface area contributed by atoms with Crippen LogP contribution in [0, 0.1) is 38.5 Å². The van der Waals surface area contributed by atoms with E-state index in [2.05, 4.69) is 54.9 Å². The number of aromatic nitrogens is 8. The standard InChI is InChI=1S/C23H29ClN6O2.C12H13BrClN3O/c1-13(2)30-23(31-18-8-5-14(3)20(24)9-18)26-21(27-30)10-19-16-6-7-17(19)12-29(11-16)22-25-15(4)28-32-22;1-7(2)17-12(15-11(13)16-17)18-9-5-4-8(3)10(14)6-9/h5,8-9,13,16-17,19H,6-7,10-12H2,1-4H3;4-7H,1-3H3/t16-,17+,19?;. The molecule has 1 aliphatic carbocycles. The van der Waals surface area contributed by atoms with E-state index < -0.39 is 0 Å². The van der Waals surface area contributed by atoms with Crippen LogP contribution in [0.1, 0.15) is 75.4 Å². The van der Waals surface area contributed by atoms with Crippen LogP contribution in [0.3, 0.4) is 0 Å². The monoisotopic (exact) mass is 785 g/mol. The van der Waals surface area contributed by atoms with Gasteiger partial charge in [-0.1, -0.05) is 40.5 Å². The van der Waals surface area contributed by atoms with Gasteiger partial charge >= 0.3 is 18.0 Å². The van der Waals surface area contributed by atoms with Crippen molar-refractivity contribution in [3.63, 3.8) is 0 Å². The smallest absolute Gasteiger partial charge is 0.324 e. The third kappa shape index (κ3) is 8.26. The number of hydrogen-bond donors (Lipinski definition) is 0. The number of hydrogen-bond acceptors (Lipinski definition) is 10. The second-order valence-electron chi connectivity index (χ2n) is 13.6. The SMILES string of the molecule is Cc1ccc(Oc2nc(Br)nn2C(C)C)cc1Cl.Cc1noc(N2C[C@H]3CC[C@@H](C2)C3Cc2nc(Oc3ccc(C)c(Cl)c3)n(C(C)C)n2)n1. The van der Waals surface area contributed by atoms with Gasteiger partial charge in [0.1, 0.15) is 11.5 Å². The normalized spacial score (nSPS) is 18.5. The summed E-state index contributed by atoms with van der Waals surface area (Å²) in [5, 5.41) is 14.3. The first-order valence-corrected chi connectivity index (χ1v) is 18.4. The van der Waals surface area contributed by atoms with Crippen LogP contribution >= 0.6 is 39.1 Å². The van der Waals surface area contributed by atoms with Gasteiger partial charge in [-0.05, 0) is 130 Å². The van der Waals surface area contributed by atoms with Crippen molar-refractivity contribution in [2.45, 2.75) is 79.8 Å². The number of rotatable bonds is 9. The molecule has 1 unspecified atom stereocenters. The van der Waals surface area contributed by atoms with Gasteiger partial charge in [-0.2, -0.15) is 20.1 Å². The van der Waals surface area contributed by atoms with E-state index in [9.17, 15) is 0 Å². The molecule has 50 heavy (non-hydrogen) atoms. The van der Waals surface area contributed by atoms with Gasteiger partial charge in [0.25, 0.3) is 0 Å². The van der Waals surface area contributed by atoms with E-state index in [1.54, 1.807) is 10.7 Å². The van der Waals surface area contributed by atoms with E-state index in [1.165, 1.54) is 12.8 Å². The van der Waals surface area contributed by atoms with Crippen molar-refractivity contribution in [2.24, 2.45) is 17.8 Å². The molecule has 0 amide bonds. The molecule has 0 radical (unpaired) electrons. The molecular weight excluding hydrogens is 745 g/mol. The number of fused-ring (bicyclic) bond motifs is 2. The maximum atomic E-state index is 6.27. The van der Waals surface area contributed by atoms with Gasteiger partial charge in [0.2, 0.25) is 4.73 Å². The fraction of sp³-hybridized carbons (Fsp3) is 0.486. The number of ether oxygens (including phenoxy) is 2. The van der Waals surface area contributed by atoms with Crippen molar-refractivity contribution in [2.75, 3.05) is 18.0 Å². The van der Waals surface area contributed by atoms with Crippen LogP contribution in [0.15, 0.2) is 45.7 Å². The van der Waals surface area contributed by atoms with Gasteiger partial charge in [0.05, 0.1) is 12.1 Å². The average molecular weight is 788 g/mol. The Bertz CT molecular complexity index is 1930. The van der Waals surface area contributed by atoms with Crippen LogP contribution in [0.25, 0.3) is 0 Å². The van der Waals surface area contributed by atoms with Crippen molar-refractivity contribution in [1.29, 1.82) is 0 Å². The molecule has 1 aliphatic heterocycles. The maximum absolute atomic E-state index is 6.27. The van der Waals surface area contributed by atoms with Crippen LogP contribution in [0.2, 0.25) is 10.0 Å². The molecule has 7 rings (SSSR count). The van der Waals surface area contributed by atoms with Crippen LogP contribution < -0.4 is 14.4 Å². The maximum Gasteiger partial charge on any atom is 0.324 e. The molecule has 3 aromatic heterocycles. The summed E-state index contributed by atoms with van der Waals surface area (Å²) >= 11 is 15.6. The van der Waals surface area contributed by atoms with E-state index >= 15 is 0 Å². The Labute approximate surface area is 310 Å². The fourth-order valence-electron chi connectivity index (χ4n) is 6.47. The Morgan fingerprint density at radius 2 is 1.34 bits per heavy atom. The van der Waals surface area contributed by atoms with Gasteiger partial charge in [0.15, 0.2) is 11.6 Å². The zero-order valence-corrected chi connectivity index (χ0v) is 32.4. The van der Waals surface area contributed by atoms with Gasteiger partial charge in [0, 0.05) is 29.6 Å². The second-order valence-corrected chi connectivity index (χ2v) is 15.1. The van der Waals surface area contributed by atoms with E-state index in [0.717, 1.165) is 36.5 Å². The first kappa shape index (κ1) is 36.1. The van der Waals surface area contributed by atoms with Crippen molar-refractivity contribution in [1.82, 2.24) is 39.7 Å². The van der Waals surface area contributed by atoms with Gasteiger partial charge in [-0.3, -0.25) is 0 Å². The number of nitrogens with zero attached hydrogens (tertiary/aromatic N) is 9. The lowest BCUT2D eigenvalue weighted by atomic mass is 9.82. The molecule has 4 heterocycles. The molecule has 2 aliphatic rings. The highest BCUT2D eigenvalue weighted by molar-refractivity contribution is 9.10. The molecule has 5 aromatic rings. The molecule has 2 bridgehead atoms. The highest BCUT2D eigenvalue weighted by Crippen LogP contribution is 2.44. The Morgan fingerprint density at radius 1 is 0.800 bits per heavy atom. The lowest BCUT2D eigenvalue weighted by Gasteiger charge is -2.36. The Kier molecular flexibility index (Phi) is 11.0. The van der Waals surface area contributed by atoms with Crippen LogP contribution in [0.5, 0.6) is 23.5 Å². The van der Waals surface area contributed by atoms with Crippen LogP contribution in [0.4, 0.5) is 6.01 Å². The average Bonchev–Trinajstić information content (AvgIpc) is 3.82.